The fourth-order valence-corrected chi connectivity index (χ4v) is 1.50. The molecule has 9 heavy (non-hydrogen) atoms. The van der Waals surface area contributed by atoms with Crippen LogP contribution < -0.4 is 0 Å². The fourth-order valence-electron chi connectivity index (χ4n) is 1.50. The zero-order valence-corrected chi connectivity index (χ0v) is 6.30. The van der Waals surface area contributed by atoms with Crippen molar-refractivity contribution < 1.29 is 5.11 Å². The Bertz CT molecular complexity index is 90.6. The second-order valence-corrected chi connectivity index (χ2v) is 3.46. The lowest BCUT2D eigenvalue weighted by atomic mass is 9.92. The third kappa shape index (κ3) is 1.68. The summed E-state index contributed by atoms with van der Waals surface area (Å²) in [6.07, 6.45) is 3.51. The van der Waals surface area contributed by atoms with E-state index in [0.717, 1.165) is 12.3 Å². The lowest BCUT2D eigenvalue weighted by Crippen LogP contribution is -2.25. The van der Waals surface area contributed by atoms with Crippen molar-refractivity contribution in [3.63, 3.8) is 0 Å². The van der Waals surface area contributed by atoms with Crippen molar-refractivity contribution in [2.24, 2.45) is 11.8 Å². The van der Waals surface area contributed by atoms with Crippen LogP contribution in [0.5, 0.6) is 0 Å². The Morgan fingerprint density at radius 3 is 2.33 bits per heavy atom. The van der Waals surface area contributed by atoms with E-state index in [1.54, 1.807) is 0 Å². The Morgan fingerprint density at radius 1 is 1.22 bits per heavy atom. The van der Waals surface area contributed by atoms with E-state index in [4.69, 9.17) is 0 Å². The number of aliphatic hydroxyl groups excluding tert-OH is 1. The van der Waals surface area contributed by atoms with Gasteiger partial charge in [0.25, 0.3) is 0 Å². The molecule has 0 aliphatic heterocycles. The molecule has 3 unspecified atom stereocenters. The molecule has 3 atom stereocenters. The van der Waals surface area contributed by atoms with E-state index in [9.17, 15) is 5.11 Å². The molecule has 54 valence electrons. The summed E-state index contributed by atoms with van der Waals surface area (Å²) < 4.78 is 0. The zero-order valence-electron chi connectivity index (χ0n) is 6.30. The van der Waals surface area contributed by atoms with Gasteiger partial charge in [-0.2, -0.15) is 0 Å². The molecule has 1 rings (SSSR count). The molecule has 1 nitrogen and oxygen atoms in total. The van der Waals surface area contributed by atoms with E-state index in [-0.39, 0.29) is 6.10 Å². The van der Waals surface area contributed by atoms with Crippen LogP contribution in [0.2, 0.25) is 0 Å². The monoisotopic (exact) mass is 129 g/mol. The van der Waals surface area contributed by atoms with Crippen LogP contribution in [0.3, 0.4) is 0 Å². The normalized spacial score (nSPS) is 45.0. The lowest BCUT2D eigenvalue weighted by molar-refractivity contribution is 0.0577. The minimum atomic E-state index is -0.0197. The third-order valence-corrected chi connectivity index (χ3v) is 2.42. The molecule has 0 amide bonds. The fraction of sp³-hybridized carbons (Fsp3) is 1.00. The molecular weight excluding hydrogens is 113 g/mol. The van der Waals surface area contributed by atoms with Crippen molar-refractivity contribution in [3.05, 3.63) is 0 Å². The predicted molar refractivity (Wildman–Crippen MR) is 38.2 cm³/mol. The molecule has 0 spiro atoms. The highest BCUT2D eigenvalue weighted by molar-refractivity contribution is 4.74. The Kier molecular flexibility index (Phi) is 2.12. The first kappa shape index (κ1) is 7.07. The zero-order chi connectivity index (χ0) is 6.85. The molecule has 1 N–H and O–H groups in total. The Hall–Kier alpha value is -0.0400. The van der Waals surface area contributed by atoms with Crippen molar-refractivity contribution in [2.75, 3.05) is 0 Å². The summed E-state index contributed by atoms with van der Waals surface area (Å²) in [5.74, 6) is 1.29. The van der Waals surface area contributed by atoms with Gasteiger partial charge in [0.1, 0.15) is 0 Å². The van der Waals surface area contributed by atoms with Gasteiger partial charge in [0.15, 0.2) is 0 Å². The average Bonchev–Trinajstić information content (AvgIpc) is 1.80. The average molecular weight is 129 g/mol. The van der Waals surface area contributed by atoms with Crippen molar-refractivity contribution in [2.45, 2.75) is 39.2 Å². The van der Waals surface area contributed by atoms with Crippen molar-refractivity contribution in [1.29, 1.82) is 0 Å². The summed E-state index contributed by atoms with van der Waals surface area (Å²) in [6.45, 7) is 4.35. The van der Waals surface area contributed by atoms with Gasteiger partial charge in [-0.1, -0.05) is 20.3 Å². The third-order valence-electron chi connectivity index (χ3n) is 2.42. The van der Waals surface area contributed by atoms with Crippen molar-refractivity contribution in [3.8, 4) is 0 Å². The first-order chi connectivity index (χ1) is 4.20. The van der Waals surface area contributed by atoms with Crippen LogP contribution in [0.1, 0.15) is 33.1 Å². The summed E-state index contributed by atoms with van der Waals surface area (Å²) in [4.78, 5) is 0. The Labute approximate surface area is 57.1 Å². The maximum absolute atomic E-state index is 9.35. The molecule has 0 heterocycles. The van der Waals surface area contributed by atoms with Gasteiger partial charge in [0, 0.05) is 0 Å². The second-order valence-electron chi connectivity index (χ2n) is 3.46. The molecule has 0 bridgehead atoms. The molecule has 0 aromatic carbocycles. The number of hydrogen-bond acceptors (Lipinski definition) is 1. The quantitative estimate of drug-likeness (QED) is 0.494. The largest absolute Gasteiger partial charge is 0.393 e. The summed E-state index contributed by atoms with van der Waals surface area (Å²) in [5, 5.41) is 9.35. The van der Waals surface area contributed by atoms with E-state index in [1.807, 2.05) is 0 Å². The van der Waals surface area contributed by atoms with Crippen LogP contribution in [0.25, 0.3) is 0 Å². The molecule has 0 saturated heterocycles. The summed E-state index contributed by atoms with van der Waals surface area (Å²) in [6, 6.07) is 0. The Balaban J connectivity index is 2.35. The molecule has 1 aliphatic carbocycles. The van der Waals surface area contributed by atoms with E-state index in [2.05, 4.69) is 13.8 Å². The van der Waals surface area contributed by atoms with Gasteiger partial charge in [-0.05, 0) is 24.7 Å². The van der Waals surface area contributed by atoms with Gasteiger partial charge in [-0.25, -0.2) is 0 Å². The van der Waals surface area contributed by atoms with Gasteiger partial charge < -0.3 is 5.11 Å². The van der Waals surface area contributed by atoms with Crippen LogP contribution in [-0.4, -0.2) is 11.2 Å². The minimum absolute atomic E-state index is 0.0197. The van der Waals surface area contributed by atoms with E-state index < -0.39 is 0 Å². The van der Waals surface area contributed by atoms with Gasteiger partial charge >= 0.3 is 0 Å². The smallest absolute Gasteiger partial charge is 0.0568 e. The van der Waals surface area contributed by atoms with Gasteiger partial charge in [-0.15, -0.1) is 0 Å². The first-order valence-electron chi connectivity index (χ1n) is 3.88. The summed E-state index contributed by atoms with van der Waals surface area (Å²) >= 11 is 0. The molecule has 1 aliphatic rings. The van der Waals surface area contributed by atoms with E-state index in [1.165, 1.54) is 12.8 Å². The number of aliphatic hydroxyl groups is 1. The van der Waals surface area contributed by atoms with E-state index >= 15 is 0 Å². The molecule has 1 fully saturated rings. The molecule has 0 radical (unpaired) electrons. The van der Waals surface area contributed by atoms with Crippen molar-refractivity contribution in [1.82, 2.24) is 0 Å². The van der Waals surface area contributed by atoms with Crippen LogP contribution in [0.4, 0.5) is 0 Å². The predicted octanol–water partition coefficient (Wildman–Crippen LogP) is 1.80. The maximum Gasteiger partial charge on any atom is 0.0568 e. The SMILES string of the molecule is CC1CCC(C)[13CH](O)C1. The Morgan fingerprint density at radius 2 is 1.89 bits per heavy atom. The van der Waals surface area contributed by atoms with Gasteiger partial charge in [0.05, 0.1) is 6.10 Å². The number of rotatable bonds is 0. The second kappa shape index (κ2) is 2.70. The summed E-state index contributed by atoms with van der Waals surface area (Å²) in [5.41, 5.74) is 0. The van der Waals surface area contributed by atoms with Crippen LogP contribution in [0.15, 0.2) is 0 Å². The van der Waals surface area contributed by atoms with Gasteiger partial charge in [-0.3, -0.25) is 0 Å². The van der Waals surface area contributed by atoms with Crippen LogP contribution in [0, 0.1) is 11.8 Å². The highest BCUT2D eigenvalue weighted by Crippen LogP contribution is 2.27. The number of hydrogen-bond donors (Lipinski definition) is 1. The molecular formula is C8H16O. The molecule has 0 aromatic heterocycles. The molecule has 1 saturated carbocycles. The van der Waals surface area contributed by atoms with Gasteiger partial charge in [0.2, 0.25) is 0 Å². The maximum atomic E-state index is 9.35. The lowest BCUT2D eigenvalue weighted by Gasteiger charge is -2.28. The standard InChI is InChI=1S/C8H16O/c1-6-3-4-7(2)8(9)5-6/h6-9H,3-5H2,1-2H3/i8+1. The van der Waals surface area contributed by atoms with Crippen LogP contribution in [-0.2, 0) is 0 Å². The molecule has 1 heteroatoms. The topological polar surface area (TPSA) is 20.2 Å². The first-order valence-corrected chi connectivity index (χ1v) is 3.88. The molecule has 0 aromatic rings. The van der Waals surface area contributed by atoms with E-state index in [0.29, 0.717) is 5.92 Å². The van der Waals surface area contributed by atoms with Crippen LogP contribution >= 0.6 is 0 Å². The highest BCUT2D eigenvalue weighted by atomic mass is 16.4. The van der Waals surface area contributed by atoms with Crippen molar-refractivity contribution >= 4 is 0 Å². The summed E-state index contributed by atoms with van der Waals surface area (Å²) in [7, 11) is 0. The minimum Gasteiger partial charge on any atom is -0.393 e. The highest BCUT2D eigenvalue weighted by Gasteiger charge is 2.22.